The minimum Gasteiger partial charge on any atom is -0.385 e. The highest BCUT2D eigenvalue weighted by molar-refractivity contribution is 5.85. The summed E-state index contributed by atoms with van der Waals surface area (Å²) < 4.78 is 16.0. The van der Waals surface area contributed by atoms with Gasteiger partial charge in [-0.25, -0.2) is 0 Å². The molecule has 0 saturated heterocycles. The van der Waals surface area contributed by atoms with Crippen molar-refractivity contribution in [2.24, 2.45) is 5.73 Å². The van der Waals surface area contributed by atoms with Crippen molar-refractivity contribution < 1.29 is 19.0 Å². The Morgan fingerprint density at radius 1 is 1.37 bits per heavy atom. The van der Waals surface area contributed by atoms with E-state index in [1.165, 1.54) is 0 Å². The third kappa shape index (κ3) is 5.06. The van der Waals surface area contributed by atoms with Crippen LogP contribution in [0.15, 0.2) is 0 Å². The van der Waals surface area contributed by atoms with Crippen molar-refractivity contribution in [2.45, 2.75) is 37.3 Å². The van der Waals surface area contributed by atoms with Crippen LogP contribution in [0, 0.1) is 0 Å². The summed E-state index contributed by atoms with van der Waals surface area (Å²) in [4.78, 5) is 11.4. The third-order valence-corrected chi connectivity index (χ3v) is 3.64. The lowest BCUT2D eigenvalue weighted by atomic mass is 9.97. The summed E-state index contributed by atoms with van der Waals surface area (Å²) in [6, 6.07) is 0. The molecule has 0 heterocycles. The van der Waals surface area contributed by atoms with Gasteiger partial charge in [0, 0.05) is 26.7 Å². The normalized spacial score (nSPS) is 26.7. The van der Waals surface area contributed by atoms with Crippen LogP contribution in [0.4, 0.5) is 0 Å². The fourth-order valence-electron chi connectivity index (χ4n) is 2.40. The molecule has 0 radical (unpaired) electrons. The average molecular weight is 274 g/mol. The van der Waals surface area contributed by atoms with Crippen molar-refractivity contribution in [2.75, 3.05) is 40.6 Å². The lowest BCUT2D eigenvalue weighted by molar-refractivity contribution is -0.124. The smallest absolute Gasteiger partial charge is 0.237 e. The molecular formula is C13H26N2O4. The molecule has 0 aromatic carbocycles. The van der Waals surface area contributed by atoms with Gasteiger partial charge in [0.15, 0.2) is 0 Å². The maximum Gasteiger partial charge on any atom is 0.237 e. The molecule has 1 aliphatic carbocycles. The van der Waals surface area contributed by atoms with Gasteiger partial charge in [0.1, 0.15) is 0 Å². The van der Waals surface area contributed by atoms with E-state index in [0.29, 0.717) is 32.8 Å². The zero-order valence-electron chi connectivity index (χ0n) is 11.9. The number of likely N-dealkylation sites (N-methyl/N-ethyl adjacent to an activating group) is 1. The summed E-state index contributed by atoms with van der Waals surface area (Å²) in [5, 5.41) is 3.03. The predicted octanol–water partition coefficient (Wildman–Crippen LogP) is 0.0521. The van der Waals surface area contributed by atoms with Gasteiger partial charge >= 0.3 is 0 Å². The summed E-state index contributed by atoms with van der Waals surface area (Å²) in [5.74, 6) is -0.295. The topological polar surface area (TPSA) is 82.8 Å². The molecule has 6 heteroatoms. The first-order chi connectivity index (χ1) is 9.14. The van der Waals surface area contributed by atoms with E-state index in [1.807, 2.05) is 0 Å². The van der Waals surface area contributed by atoms with E-state index in [9.17, 15) is 4.79 Å². The Labute approximate surface area is 115 Å². The monoisotopic (exact) mass is 274 g/mol. The molecule has 3 N–H and O–H groups in total. The van der Waals surface area contributed by atoms with Crippen molar-refractivity contribution in [1.29, 1.82) is 0 Å². The largest absolute Gasteiger partial charge is 0.385 e. The quantitative estimate of drug-likeness (QED) is 0.550. The number of hydrogen-bond acceptors (Lipinski definition) is 5. The van der Waals surface area contributed by atoms with Crippen molar-refractivity contribution in [1.82, 2.24) is 5.32 Å². The minimum absolute atomic E-state index is 0.0857. The first-order valence-corrected chi connectivity index (χ1v) is 6.82. The Hall–Kier alpha value is -0.690. The SMILES string of the molecule is CNC1(C(N)=O)CCC(OCCOCCCOC)C1. The van der Waals surface area contributed by atoms with E-state index in [4.69, 9.17) is 19.9 Å². The van der Waals surface area contributed by atoms with Crippen molar-refractivity contribution in [3.8, 4) is 0 Å². The maximum atomic E-state index is 11.4. The first-order valence-electron chi connectivity index (χ1n) is 6.82. The molecule has 1 rings (SSSR count). The Morgan fingerprint density at radius 2 is 2.16 bits per heavy atom. The summed E-state index contributed by atoms with van der Waals surface area (Å²) in [7, 11) is 3.45. The van der Waals surface area contributed by atoms with Crippen molar-refractivity contribution in [3.63, 3.8) is 0 Å². The Bertz CT molecular complexity index is 275. The molecule has 1 amide bonds. The maximum absolute atomic E-state index is 11.4. The van der Waals surface area contributed by atoms with E-state index in [2.05, 4.69) is 5.32 Å². The lowest BCUT2D eigenvalue weighted by Gasteiger charge is -2.24. The number of ether oxygens (including phenoxy) is 3. The van der Waals surface area contributed by atoms with Gasteiger partial charge in [0.25, 0.3) is 0 Å². The fourth-order valence-corrected chi connectivity index (χ4v) is 2.40. The molecule has 0 spiro atoms. The first kappa shape index (κ1) is 16.4. The van der Waals surface area contributed by atoms with Gasteiger partial charge in [-0.15, -0.1) is 0 Å². The van der Waals surface area contributed by atoms with Crippen LogP contribution >= 0.6 is 0 Å². The van der Waals surface area contributed by atoms with Crippen molar-refractivity contribution >= 4 is 5.91 Å². The minimum atomic E-state index is -0.593. The summed E-state index contributed by atoms with van der Waals surface area (Å²) >= 11 is 0. The molecule has 19 heavy (non-hydrogen) atoms. The molecule has 6 nitrogen and oxygen atoms in total. The number of rotatable bonds is 10. The van der Waals surface area contributed by atoms with Gasteiger partial charge in [-0.1, -0.05) is 0 Å². The second-order valence-electron chi connectivity index (χ2n) is 4.89. The molecule has 1 saturated carbocycles. The van der Waals surface area contributed by atoms with Crippen LogP contribution in [0.5, 0.6) is 0 Å². The van der Waals surface area contributed by atoms with Crippen LogP contribution in [0.2, 0.25) is 0 Å². The van der Waals surface area contributed by atoms with Gasteiger partial charge in [-0.3, -0.25) is 4.79 Å². The fraction of sp³-hybridized carbons (Fsp3) is 0.923. The molecule has 0 aromatic heterocycles. The van der Waals surface area contributed by atoms with Gasteiger partial charge in [-0.2, -0.15) is 0 Å². The molecule has 2 unspecified atom stereocenters. The molecule has 2 atom stereocenters. The van der Waals surface area contributed by atoms with Gasteiger partial charge in [0.2, 0.25) is 5.91 Å². The number of nitrogens with one attached hydrogen (secondary N) is 1. The summed E-state index contributed by atoms with van der Waals surface area (Å²) in [5.41, 5.74) is 4.84. The standard InChI is InChI=1S/C13H26N2O4/c1-15-13(12(14)16)5-4-11(10-13)19-9-8-18-7-3-6-17-2/h11,15H,3-10H2,1-2H3,(H2,14,16). The number of methoxy groups -OCH3 is 1. The number of amides is 1. The second kappa shape index (κ2) is 8.47. The summed E-state index contributed by atoms with van der Waals surface area (Å²) in [6.45, 7) is 2.52. The molecular weight excluding hydrogens is 248 g/mol. The Kier molecular flexibility index (Phi) is 7.30. The molecule has 0 aromatic rings. The third-order valence-electron chi connectivity index (χ3n) is 3.64. The van der Waals surface area contributed by atoms with Gasteiger partial charge in [0.05, 0.1) is 24.9 Å². The predicted molar refractivity (Wildman–Crippen MR) is 71.9 cm³/mol. The number of carbonyl (C=O) groups is 1. The van der Waals surface area contributed by atoms with E-state index in [-0.39, 0.29) is 12.0 Å². The van der Waals surface area contributed by atoms with Gasteiger partial charge in [-0.05, 0) is 26.3 Å². The van der Waals surface area contributed by atoms with Crippen LogP contribution in [0.3, 0.4) is 0 Å². The van der Waals surface area contributed by atoms with Gasteiger partial charge < -0.3 is 25.3 Å². The number of primary amides is 1. The Balaban J connectivity index is 2.10. The van der Waals surface area contributed by atoms with E-state index in [1.54, 1.807) is 14.2 Å². The van der Waals surface area contributed by atoms with Crippen LogP contribution in [0.25, 0.3) is 0 Å². The number of carbonyl (C=O) groups excluding carboxylic acids is 1. The highest BCUT2D eigenvalue weighted by Gasteiger charge is 2.43. The second-order valence-corrected chi connectivity index (χ2v) is 4.89. The average Bonchev–Trinajstić information content (AvgIpc) is 2.83. The molecule has 0 aliphatic heterocycles. The van der Waals surface area contributed by atoms with Crippen LogP contribution in [-0.4, -0.2) is 58.1 Å². The zero-order valence-corrected chi connectivity index (χ0v) is 11.9. The summed E-state index contributed by atoms with van der Waals surface area (Å²) in [6.07, 6.45) is 3.21. The van der Waals surface area contributed by atoms with E-state index in [0.717, 1.165) is 19.3 Å². The lowest BCUT2D eigenvalue weighted by Crippen LogP contribution is -2.52. The van der Waals surface area contributed by atoms with Crippen LogP contribution in [0.1, 0.15) is 25.7 Å². The van der Waals surface area contributed by atoms with Crippen LogP contribution < -0.4 is 11.1 Å². The number of nitrogens with two attached hydrogens (primary N) is 1. The molecule has 1 aliphatic rings. The highest BCUT2D eigenvalue weighted by atomic mass is 16.5. The highest BCUT2D eigenvalue weighted by Crippen LogP contribution is 2.31. The molecule has 1 fully saturated rings. The molecule has 0 bridgehead atoms. The van der Waals surface area contributed by atoms with E-state index < -0.39 is 5.54 Å². The van der Waals surface area contributed by atoms with E-state index >= 15 is 0 Å². The Morgan fingerprint density at radius 3 is 2.74 bits per heavy atom. The zero-order chi connectivity index (χ0) is 14.1. The van der Waals surface area contributed by atoms with Crippen LogP contribution in [-0.2, 0) is 19.0 Å². The van der Waals surface area contributed by atoms with Crippen molar-refractivity contribution in [3.05, 3.63) is 0 Å². The molecule has 112 valence electrons. The number of hydrogen-bond donors (Lipinski definition) is 2.